The van der Waals surface area contributed by atoms with E-state index in [1.165, 1.54) is 0 Å². The van der Waals surface area contributed by atoms with Gasteiger partial charge in [-0.25, -0.2) is 14.6 Å². The smallest absolute Gasteiger partial charge is 0.333 e. The van der Waals surface area contributed by atoms with Gasteiger partial charge in [-0.1, -0.05) is 13.5 Å². The van der Waals surface area contributed by atoms with Gasteiger partial charge in [0, 0.05) is 11.3 Å². The van der Waals surface area contributed by atoms with Gasteiger partial charge >= 0.3 is 5.97 Å². The van der Waals surface area contributed by atoms with Crippen LogP contribution in [0.4, 0.5) is 0 Å². The summed E-state index contributed by atoms with van der Waals surface area (Å²) in [7, 11) is 0. The first-order valence-electron chi connectivity index (χ1n) is 5.40. The fourth-order valence-corrected chi connectivity index (χ4v) is 1.24. The Hall–Kier alpha value is -0.560. The molecule has 0 aliphatic heterocycles. The van der Waals surface area contributed by atoms with Gasteiger partial charge in [-0.05, 0) is 12.7 Å². The molecule has 1 unspecified atom stereocenters. The van der Waals surface area contributed by atoms with Crippen LogP contribution < -0.4 is 0 Å². The van der Waals surface area contributed by atoms with Crippen LogP contribution in [0.3, 0.4) is 0 Å². The molecule has 0 aromatic heterocycles. The Balaban J connectivity index is 3.37. The lowest BCUT2D eigenvalue weighted by atomic mass is 10.3. The second-order valence-electron chi connectivity index (χ2n) is 3.34. The molecule has 6 heteroatoms. The number of carbonyl (C=O) groups is 1. The molecule has 0 bridgehead atoms. The number of aliphatic hydroxyl groups excluding tert-OH is 1. The third-order valence-corrected chi connectivity index (χ3v) is 2.48. The summed E-state index contributed by atoms with van der Waals surface area (Å²) in [6, 6.07) is 0. The Bertz CT molecular complexity index is 232. The minimum Gasteiger partial charge on any atom is -0.460 e. The summed E-state index contributed by atoms with van der Waals surface area (Å²) in [6.07, 6.45) is -0.892. The number of rotatable bonds is 10. The molecule has 0 saturated heterocycles. The third kappa shape index (κ3) is 10.3. The molecule has 0 saturated carbocycles. The summed E-state index contributed by atoms with van der Waals surface area (Å²) in [6.45, 7) is 7.34. The topological polar surface area (TPSA) is 65.0 Å². The van der Waals surface area contributed by atoms with Gasteiger partial charge in [-0.15, -0.1) is 0 Å². The van der Waals surface area contributed by atoms with Gasteiger partial charge in [0.05, 0.1) is 6.61 Å². The van der Waals surface area contributed by atoms with Crippen LogP contribution in [0.15, 0.2) is 12.2 Å². The molecule has 0 aromatic rings. The molecule has 5 nitrogen and oxygen atoms in total. The van der Waals surface area contributed by atoms with Crippen LogP contribution in [-0.4, -0.2) is 48.5 Å². The molecule has 0 spiro atoms. The van der Waals surface area contributed by atoms with Gasteiger partial charge < -0.3 is 9.84 Å². The third-order valence-electron chi connectivity index (χ3n) is 1.61. The highest BCUT2D eigenvalue weighted by Crippen LogP contribution is 1.98. The Morgan fingerprint density at radius 1 is 1.41 bits per heavy atom. The maximum Gasteiger partial charge on any atom is 0.333 e. The van der Waals surface area contributed by atoms with Gasteiger partial charge in [-0.2, -0.15) is 11.8 Å². The molecule has 0 rings (SSSR count). The average molecular weight is 264 g/mol. The summed E-state index contributed by atoms with van der Waals surface area (Å²) in [5, 5.41) is 9.37. The summed E-state index contributed by atoms with van der Waals surface area (Å²) >= 11 is 1.74. The summed E-state index contributed by atoms with van der Waals surface area (Å²) in [5.74, 6) is 1.35. The molecular weight excluding hydrogens is 244 g/mol. The van der Waals surface area contributed by atoms with E-state index in [1.807, 2.05) is 0 Å². The van der Waals surface area contributed by atoms with Crippen molar-refractivity contribution in [2.24, 2.45) is 0 Å². The monoisotopic (exact) mass is 264 g/mol. The lowest BCUT2D eigenvalue weighted by Crippen LogP contribution is -2.24. The molecule has 1 atom stereocenters. The van der Waals surface area contributed by atoms with E-state index in [0.717, 1.165) is 11.5 Å². The predicted octanol–water partition coefficient (Wildman–Crippen LogP) is 1.17. The zero-order chi connectivity index (χ0) is 13.1. The highest BCUT2D eigenvalue weighted by Gasteiger charge is 2.09. The Morgan fingerprint density at radius 3 is 2.71 bits per heavy atom. The van der Waals surface area contributed by atoms with Crippen LogP contribution in [-0.2, 0) is 19.3 Å². The normalized spacial score (nSPS) is 12.2. The number of esters is 1. The molecule has 0 heterocycles. The van der Waals surface area contributed by atoms with E-state index in [2.05, 4.69) is 13.5 Å². The van der Waals surface area contributed by atoms with E-state index < -0.39 is 12.1 Å². The van der Waals surface area contributed by atoms with Crippen molar-refractivity contribution in [1.82, 2.24) is 0 Å². The van der Waals surface area contributed by atoms with E-state index in [1.54, 1.807) is 18.7 Å². The van der Waals surface area contributed by atoms with Crippen LogP contribution in [0.25, 0.3) is 0 Å². The molecule has 0 aliphatic carbocycles. The van der Waals surface area contributed by atoms with Crippen LogP contribution >= 0.6 is 11.8 Å². The molecule has 0 aliphatic rings. The second kappa shape index (κ2) is 10.6. The van der Waals surface area contributed by atoms with E-state index in [9.17, 15) is 9.90 Å². The highest BCUT2D eigenvalue weighted by atomic mass is 32.2. The standard InChI is InChI=1S/C11H20O5S/c1-4-17-6-5-15-16-8-10(12)7-14-11(13)9(2)3/h10,12H,2,4-8H2,1,3H3. The minimum atomic E-state index is -0.892. The van der Waals surface area contributed by atoms with Crippen molar-refractivity contribution < 1.29 is 24.4 Å². The Morgan fingerprint density at radius 2 is 2.12 bits per heavy atom. The Labute approximate surface area is 106 Å². The fraction of sp³-hybridized carbons (Fsp3) is 0.727. The number of thioether (sulfide) groups is 1. The summed E-state index contributed by atoms with van der Waals surface area (Å²) in [4.78, 5) is 20.6. The van der Waals surface area contributed by atoms with Gasteiger partial charge in [0.15, 0.2) is 0 Å². The lowest BCUT2D eigenvalue weighted by Gasteiger charge is -2.11. The lowest BCUT2D eigenvalue weighted by molar-refractivity contribution is -0.302. The first-order valence-corrected chi connectivity index (χ1v) is 6.56. The summed E-state index contributed by atoms with van der Waals surface area (Å²) in [5.41, 5.74) is 0.297. The van der Waals surface area contributed by atoms with Gasteiger partial charge in [-0.3, -0.25) is 0 Å². The van der Waals surface area contributed by atoms with Crippen molar-refractivity contribution in [2.75, 3.05) is 31.3 Å². The van der Waals surface area contributed by atoms with Crippen molar-refractivity contribution in [3.8, 4) is 0 Å². The number of hydrogen-bond acceptors (Lipinski definition) is 6. The predicted molar refractivity (Wildman–Crippen MR) is 66.7 cm³/mol. The maximum atomic E-state index is 11.0. The zero-order valence-electron chi connectivity index (χ0n) is 10.3. The summed E-state index contributed by atoms with van der Waals surface area (Å²) < 4.78 is 4.73. The second-order valence-corrected chi connectivity index (χ2v) is 4.73. The Kier molecular flexibility index (Phi) is 10.2. The fourth-order valence-electron chi connectivity index (χ4n) is 0.766. The molecule has 1 N–H and O–H groups in total. The van der Waals surface area contributed by atoms with E-state index in [-0.39, 0.29) is 13.2 Å². The number of hydrogen-bond donors (Lipinski definition) is 1. The largest absolute Gasteiger partial charge is 0.460 e. The number of aliphatic hydroxyl groups is 1. The highest BCUT2D eigenvalue weighted by molar-refractivity contribution is 7.99. The average Bonchev–Trinajstić information content (AvgIpc) is 2.30. The zero-order valence-corrected chi connectivity index (χ0v) is 11.1. The first kappa shape index (κ1) is 16.4. The molecule has 0 fully saturated rings. The van der Waals surface area contributed by atoms with Gasteiger partial charge in [0.25, 0.3) is 0 Å². The number of carbonyl (C=O) groups excluding carboxylic acids is 1. The van der Waals surface area contributed by atoms with E-state index in [0.29, 0.717) is 12.2 Å². The molecule has 0 aromatic carbocycles. The molecular formula is C11H20O5S. The van der Waals surface area contributed by atoms with Crippen molar-refractivity contribution in [3.05, 3.63) is 12.2 Å². The minimum absolute atomic E-state index is 0.0275. The quantitative estimate of drug-likeness (QED) is 0.210. The first-order chi connectivity index (χ1) is 8.07. The number of ether oxygens (including phenoxy) is 1. The van der Waals surface area contributed by atoms with E-state index >= 15 is 0 Å². The van der Waals surface area contributed by atoms with Crippen molar-refractivity contribution in [3.63, 3.8) is 0 Å². The van der Waals surface area contributed by atoms with Crippen LogP contribution in [0.5, 0.6) is 0 Å². The van der Waals surface area contributed by atoms with Crippen molar-refractivity contribution in [2.45, 2.75) is 20.0 Å². The van der Waals surface area contributed by atoms with Crippen LogP contribution in [0.1, 0.15) is 13.8 Å². The molecule has 0 amide bonds. The molecule has 17 heavy (non-hydrogen) atoms. The maximum absolute atomic E-state index is 11.0. The van der Waals surface area contributed by atoms with Crippen molar-refractivity contribution in [1.29, 1.82) is 0 Å². The van der Waals surface area contributed by atoms with Crippen LogP contribution in [0.2, 0.25) is 0 Å². The van der Waals surface area contributed by atoms with Crippen LogP contribution in [0, 0.1) is 0 Å². The van der Waals surface area contributed by atoms with E-state index in [4.69, 9.17) is 14.5 Å². The molecule has 0 radical (unpaired) electrons. The van der Waals surface area contributed by atoms with Gasteiger partial charge in [0.1, 0.15) is 19.3 Å². The van der Waals surface area contributed by atoms with Crippen molar-refractivity contribution >= 4 is 17.7 Å². The van der Waals surface area contributed by atoms with Gasteiger partial charge in [0.2, 0.25) is 0 Å². The SMILES string of the molecule is C=C(C)C(=O)OCC(O)COOCCSCC. The molecule has 100 valence electrons.